The first-order valence-corrected chi connectivity index (χ1v) is 7.68. The van der Waals surface area contributed by atoms with Crippen LogP contribution >= 0.6 is 0 Å². The third kappa shape index (κ3) is 10.5. The van der Waals surface area contributed by atoms with Crippen LogP contribution in [0.2, 0.25) is 0 Å². The lowest BCUT2D eigenvalue weighted by molar-refractivity contribution is -0.00000481. The highest BCUT2D eigenvalue weighted by atomic mass is 127. The average molecular weight is 392 g/mol. The summed E-state index contributed by atoms with van der Waals surface area (Å²) >= 11 is 0. The van der Waals surface area contributed by atoms with Gasteiger partial charge in [0, 0.05) is 0 Å². The van der Waals surface area contributed by atoms with Gasteiger partial charge >= 0.3 is 0 Å². The fourth-order valence-corrected chi connectivity index (χ4v) is 1.80. The van der Waals surface area contributed by atoms with Crippen molar-refractivity contribution >= 4 is 0 Å². The molecule has 1 aromatic carbocycles. The van der Waals surface area contributed by atoms with E-state index in [1.54, 1.807) is 0 Å². The van der Waals surface area contributed by atoms with Gasteiger partial charge < -0.3 is 33.6 Å². The molecule has 3 heteroatoms. The number of hydrogen-bond acceptors (Lipinski definition) is 2. The predicted octanol–water partition coefficient (Wildman–Crippen LogP) is 1.53. The zero-order valence-electron chi connectivity index (χ0n) is 13.8. The molecule has 0 saturated heterocycles. The van der Waals surface area contributed by atoms with Crippen molar-refractivity contribution in [1.82, 2.24) is 4.90 Å². The topological polar surface area (TPSA) is 12.5 Å². The molecule has 0 aromatic heterocycles. The fourth-order valence-electron chi connectivity index (χ4n) is 1.80. The van der Waals surface area contributed by atoms with Gasteiger partial charge in [0.2, 0.25) is 0 Å². The van der Waals surface area contributed by atoms with Crippen molar-refractivity contribution in [3.05, 3.63) is 29.8 Å². The van der Waals surface area contributed by atoms with Gasteiger partial charge in [0.1, 0.15) is 5.75 Å². The lowest BCUT2D eigenvalue weighted by atomic mass is 10.2. The van der Waals surface area contributed by atoms with Gasteiger partial charge in [-0.1, -0.05) is 45.4 Å². The SMILES string of the molecule is CC.CCN(CC)CCCCOc1ccc(C)cc1.[I-]. The van der Waals surface area contributed by atoms with Gasteiger partial charge in [-0.25, -0.2) is 0 Å². The minimum absolute atomic E-state index is 0. The number of nitrogens with zero attached hydrogens (tertiary/aromatic N) is 1. The summed E-state index contributed by atoms with van der Waals surface area (Å²) < 4.78 is 5.69. The van der Waals surface area contributed by atoms with Gasteiger partial charge in [-0.3, -0.25) is 0 Å². The average Bonchev–Trinajstić information content (AvgIpc) is 2.47. The molecule has 0 aliphatic rings. The Morgan fingerprint density at radius 1 is 0.950 bits per heavy atom. The zero-order valence-corrected chi connectivity index (χ0v) is 15.9. The second-order valence-corrected chi connectivity index (χ2v) is 4.40. The highest BCUT2D eigenvalue weighted by Crippen LogP contribution is 2.11. The molecule has 0 saturated carbocycles. The Balaban J connectivity index is 0. The normalized spacial score (nSPS) is 9.50. The molecule has 1 rings (SSSR count). The number of benzene rings is 1. The van der Waals surface area contributed by atoms with Gasteiger partial charge in [0.05, 0.1) is 6.61 Å². The highest BCUT2D eigenvalue weighted by molar-refractivity contribution is 5.26. The Kier molecular flexibility index (Phi) is 16.6. The maximum absolute atomic E-state index is 5.69. The summed E-state index contributed by atoms with van der Waals surface area (Å²) in [7, 11) is 0. The van der Waals surface area contributed by atoms with Crippen LogP contribution in [-0.2, 0) is 0 Å². The minimum Gasteiger partial charge on any atom is -1.00 e. The molecule has 1 aromatic rings. The Labute approximate surface area is 142 Å². The Bertz CT molecular complexity index is 296. The van der Waals surface area contributed by atoms with Gasteiger partial charge in [-0.15, -0.1) is 0 Å². The van der Waals surface area contributed by atoms with Crippen LogP contribution in [0.25, 0.3) is 0 Å². The van der Waals surface area contributed by atoms with E-state index in [0.717, 1.165) is 31.9 Å². The maximum atomic E-state index is 5.69. The first-order chi connectivity index (χ1) is 9.26. The molecular formula is C17H31INO-. The van der Waals surface area contributed by atoms with Crippen molar-refractivity contribution in [1.29, 1.82) is 0 Å². The summed E-state index contributed by atoms with van der Waals surface area (Å²) in [6.45, 7) is 14.8. The summed E-state index contributed by atoms with van der Waals surface area (Å²) in [5, 5.41) is 0. The van der Waals surface area contributed by atoms with Crippen LogP contribution in [0.5, 0.6) is 5.75 Å². The molecule has 0 aliphatic heterocycles. The Morgan fingerprint density at radius 2 is 1.50 bits per heavy atom. The van der Waals surface area contributed by atoms with Crippen molar-refractivity contribution in [2.45, 2.75) is 47.5 Å². The van der Waals surface area contributed by atoms with Crippen LogP contribution in [0, 0.1) is 6.92 Å². The van der Waals surface area contributed by atoms with E-state index in [2.05, 4.69) is 37.8 Å². The standard InChI is InChI=1S/C15H25NO.C2H6.HI/c1-4-16(5-2)12-6-7-13-17-15-10-8-14(3)9-11-15;1-2;/h8-11H,4-7,12-13H2,1-3H3;1-2H3;1H/p-1. The number of hydrogen-bond donors (Lipinski definition) is 0. The van der Waals surface area contributed by atoms with Crippen molar-refractivity contribution in [3.63, 3.8) is 0 Å². The van der Waals surface area contributed by atoms with E-state index in [9.17, 15) is 0 Å². The van der Waals surface area contributed by atoms with Crippen LogP contribution in [0.15, 0.2) is 24.3 Å². The van der Waals surface area contributed by atoms with Crippen molar-refractivity contribution in [3.8, 4) is 5.75 Å². The molecule has 0 atom stereocenters. The highest BCUT2D eigenvalue weighted by Gasteiger charge is 1.98. The molecule has 2 nitrogen and oxygen atoms in total. The second kappa shape index (κ2) is 15.1. The third-order valence-corrected chi connectivity index (χ3v) is 3.05. The monoisotopic (exact) mass is 392 g/mol. The second-order valence-electron chi connectivity index (χ2n) is 4.40. The van der Waals surface area contributed by atoms with E-state index < -0.39 is 0 Å². The number of ether oxygens (including phenoxy) is 1. The Hall–Kier alpha value is -0.290. The number of rotatable bonds is 8. The van der Waals surface area contributed by atoms with E-state index in [1.807, 2.05) is 26.0 Å². The van der Waals surface area contributed by atoms with Gasteiger partial charge in [-0.2, -0.15) is 0 Å². The summed E-state index contributed by atoms with van der Waals surface area (Å²) in [4.78, 5) is 2.45. The summed E-state index contributed by atoms with van der Waals surface area (Å²) in [6, 6.07) is 8.26. The summed E-state index contributed by atoms with van der Waals surface area (Å²) in [5.41, 5.74) is 1.28. The molecule has 0 N–H and O–H groups in total. The molecule has 20 heavy (non-hydrogen) atoms. The molecule has 0 bridgehead atoms. The molecule has 118 valence electrons. The zero-order chi connectivity index (χ0) is 14.5. The van der Waals surface area contributed by atoms with Crippen molar-refractivity contribution in [2.75, 3.05) is 26.2 Å². The number of halogens is 1. The van der Waals surface area contributed by atoms with Crippen LogP contribution in [0.1, 0.15) is 46.1 Å². The van der Waals surface area contributed by atoms with E-state index in [1.165, 1.54) is 18.5 Å². The molecule has 0 radical (unpaired) electrons. The first-order valence-electron chi connectivity index (χ1n) is 7.68. The molecule has 0 amide bonds. The maximum Gasteiger partial charge on any atom is 0.119 e. The van der Waals surface area contributed by atoms with Gasteiger partial charge in [0.15, 0.2) is 0 Å². The van der Waals surface area contributed by atoms with Crippen LogP contribution in [0.4, 0.5) is 0 Å². The van der Waals surface area contributed by atoms with Crippen LogP contribution in [-0.4, -0.2) is 31.1 Å². The van der Waals surface area contributed by atoms with Crippen molar-refractivity contribution < 1.29 is 28.7 Å². The molecular weight excluding hydrogens is 361 g/mol. The summed E-state index contributed by atoms with van der Waals surface area (Å²) in [6.07, 6.45) is 2.35. The molecule has 0 heterocycles. The Morgan fingerprint density at radius 3 is 2.00 bits per heavy atom. The van der Waals surface area contributed by atoms with Gasteiger partial charge in [-0.05, 0) is 51.5 Å². The molecule has 0 fully saturated rings. The third-order valence-electron chi connectivity index (χ3n) is 3.05. The molecule has 0 spiro atoms. The van der Waals surface area contributed by atoms with E-state index >= 15 is 0 Å². The molecule has 0 aliphatic carbocycles. The van der Waals surface area contributed by atoms with E-state index in [-0.39, 0.29) is 24.0 Å². The smallest absolute Gasteiger partial charge is 0.119 e. The predicted molar refractivity (Wildman–Crippen MR) is 85.0 cm³/mol. The van der Waals surface area contributed by atoms with E-state index in [0.29, 0.717) is 0 Å². The van der Waals surface area contributed by atoms with Crippen LogP contribution < -0.4 is 28.7 Å². The first kappa shape index (κ1) is 22.0. The fraction of sp³-hybridized carbons (Fsp3) is 0.647. The minimum atomic E-state index is 0. The number of unbranched alkanes of at least 4 members (excludes halogenated alkanes) is 1. The van der Waals surface area contributed by atoms with Crippen molar-refractivity contribution in [2.24, 2.45) is 0 Å². The van der Waals surface area contributed by atoms with E-state index in [4.69, 9.17) is 4.74 Å². The molecule has 0 unspecified atom stereocenters. The lowest BCUT2D eigenvalue weighted by Crippen LogP contribution is -3.00. The quantitative estimate of drug-likeness (QED) is 0.492. The van der Waals surface area contributed by atoms with Gasteiger partial charge in [0.25, 0.3) is 0 Å². The van der Waals surface area contributed by atoms with Crippen LogP contribution in [0.3, 0.4) is 0 Å². The number of aryl methyl sites for hydroxylation is 1. The summed E-state index contributed by atoms with van der Waals surface area (Å²) in [5.74, 6) is 0.985. The lowest BCUT2D eigenvalue weighted by Gasteiger charge is -2.17. The largest absolute Gasteiger partial charge is 1.00 e.